The highest BCUT2D eigenvalue weighted by molar-refractivity contribution is 4.85. The molecular formula is C12H23NO. The summed E-state index contributed by atoms with van der Waals surface area (Å²) in [6.45, 7) is 4.38. The van der Waals surface area contributed by atoms with Crippen LogP contribution in [0.5, 0.6) is 0 Å². The van der Waals surface area contributed by atoms with Crippen molar-refractivity contribution in [2.24, 2.45) is 5.92 Å². The van der Waals surface area contributed by atoms with Crippen molar-refractivity contribution in [1.82, 2.24) is 5.32 Å². The van der Waals surface area contributed by atoms with E-state index in [-0.39, 0.29) is 0 Å². The van der Waals surface area contributed by atoms with Gasteiger partial charge in [-0.2, -0.15) is 0 Å². The van der Waals surface area contributed by atoms with Crippen molar-refractivity contribution in [1.29, 1.82) is 0 Å². The maximum absolute atomic E-state index is 5.85. The SMILES string of the molecule is CCCNC1CCOC(C2CCC2)C1. The second-order valence-corrected chi connectivity index (χ2v) is 4.78. The molecule has 82 valence electrons. The van der Waals surface area contributed by atoms with E-state index in [1.54, 1.807) is 0 Å². The summed E-state index contributed by atoms with van der Waals surface area (Å²) in [4.78, 5) is 0. The van der Waals surface area contributed by atoms with Gasteiger partial charge in [-0.1, -0.05) is 13.3 Å². The first-order chi connectivity index (χ1) is 6.90. The molecule has 2 atom stereocenters. The first kappa shape index (κ1) is 10.4. The van der Waals surface area contributed by atoms with E-state index >= 15 is 0 Å². The quantitative estimate of drug-likeness (QED) is 0.747. The Labute approximate surface area is 87.4 Å². The Balaban J connectivity index is 1.72. The van der Waals surface area contributed by atoms with E-state index in [2.05, 4.69) is 12.2 Å². The van der Waals surface area contributed by atoms with E-state index in [1.807, 2.05) is 0 Å². The molecule has 0 amide bonds. The average molecular weight is 197 g/mol. The highest BCUT2D eigenvalue weighted by Crippen LogP contribution is 2.35. The van der Waals surface area contributed by atoms with E-state index in [1.165, 1.54) is 45.1 Å². The van der Waals surface area contributed by atoms with E-state index in [9.17, 15) is 0 Å². The molecule has 2 unspecified atom stereocenters. The molecule has 1 aliphatic heterocycles. The predicted octanol–water partition coefficient (Wildman–Crippen LogP) is 2.33. The minimum Gasteiger partial charge on any atom is -0.378 e. The second-order valence-electron chi connectivity index (χ2n) is 4.78. The van der Waals surface area contributed by atoms with Crippen LogP contribution in [0, 0.1) is 5.92 Å². The highest BCUT2D eigenvalue weighted by Gasteiger charge is 2.32. The topological polar surface area (TPSA) is 21.3 Å². The minimum absolute atomic E-state index is 0.576. The molecule has 0 aromatic carbocycles. The van der Waals surface area contributed by atoms with Gasteiger partial charge in [-0.3, -0.25) is 0 Å². The molecule has 0 aromatic rings. The van der Waals surface area contributed by atoms with Crippen molar-refractivity contribution in [2.45, 2.75) is 57.6 Å². The third kappa shape index (κ3) is 2.48. The molecule has 1 heterocycles. The maximum Gasteiger partial charge on any atom is 0.0618 e. The van der Waals surface area contributed by atoms with Crippen LogP contribution in [0.1, 0.15) is 45.4 Å². The molecule has 2 aliphatic rings. The fourth-order valence-electron chi connectivity index (χ4n) is 2.50. The van der Waals surface area contributed by atoms with Crippen LogP contribution in [0.4, 0.5) is 0 Å². The van der Waals surface area contributed by atoms with Crippen molar-refractivity contribution in [2.75, 3.05) is 13.2 Å². The fraction of sp³-hybridized carbons (Fsp3) is 1.00. The average Bonchev–Trinajstić information content (AvgIpc) is 2.13. The van der Waals surface area contributed by atoms with Gasteiger partial charge in [0.2, 0.25) is 0 Å². The molecule has 1 N–H and O–H groups in total. The normalized spacial score (nSPS) is 34.1. The van der Waals surface area contributed by atoms with Gasteiger partial charge in [0.25, 0.3) is 0 Å². The van der Waals surface area contributed by atoms with Crippen LogP contribution in [0.3, 0.4) is 0 Å². The Hall–Kier alpha value is -0.0800. The van der Waals surface area contributed by atoms with Crippen molar-refractivity contribution in [3.05, 3.63) is 0 Å². The number of hydrogen-bond donors (Lipinski definition) is 1. The van der Waals surface area contributed by atoms with E-state index in [0.717, 1.165) is 18.6 Å². The van der Waals surface area contributed by atoms with Crippen LogP contribution in [-0.2, 0) is 4.74 Å². The fourth-order valence-corrected chi connectivity index (χ4v) is 2.50. The zero-order valence-electron chi connectivity index (χ0n) is 9.30. The molecule has 2 fully saturated rings. The molecule has 14 heavy (non-hydrogen) atoms. The lowest BCUT2D eigenvalue weighted by atomic mass is 9.78. The zero-order chi connectivity index (χ0) is 9.80. The summed E-state index contributed by atoms with van der Waals surface area (Å²) in [5.41, 5.74) is 0. The van der Waals surface area contributed by atoms with Crippen molar-refractivity contribution in [3.63, 3.8) is 0 Å². The van der Waals surface area contributed by atoms with Gasteiger partial charge in [-0.05, 0) is 44.6 Å². The van der Waals surface area contributed by atoms with Crippen LogP contribution in [0.2, 0.25) is 0 Å². The smallest absolute Gasteiger partial charge is 0.0618 e. The number of nitrogens with one attached hydrogen (secondary N) is 1. The van der Waals surface area contributed by atoms with Gasteiger partial charge < -0.3 is 10.1 Å². The third-order valence-electron chi connectivity index (χ3n) is 3.67. The standard InChI is InChI=1S/C12H23NO/c1-2-7-13-11-6-8-14-12(9-11)10-4-3-5-10/h10-13H,2-9H2,1H3. The number of hydrogen-bond acceptors (Lipinski definition) is 2. The Morgan fingerprint density at radius 1 is 1.29 bits per heavy atom. The van der Waals surface area contributed by atoms with E-state index < -0.39 is 0 Å². The molecule has 0 radical (unpaired) electrons. The zero-order valence-corrected chi connectivity index (χ0v) is 9.30. The van der Waals surface area contributed by atoms with Crippen molar-refractivity contribution < 1.29 is 4.74 Å². The van der Waals surface area contributed by atoms with Gasteiger partial charge in [0, 0.05) is 12.6 Å². The van der Waals surface area contributed by atoms with Crippen LogP contribution in [0.15, 0.2) is 0 Å². The lowest BCUT2D eigenvalue weighted by Crippen LogP contribution is -2.43. The van der Waals surface area contributed by atoms with E-state index in [4.69, 9.17) is 4.74 Å². The van der Waals surface area contributed by atoms with Gasteiger partial charge in [0.05, 0.1) is 6.10 Å². The molecule has 1 saturated carbocycles. The molecule has 2 heteroatoms. The Morgan fingerprint density at radius 2 is 2.14 bits per heavy atom. The highest BCUT2D eigenvalue weighted by atomic mass is 16.5. The molecule has 0 aromatic heterocycles. The minimum atomic E-state index is 0.576. The van der Waals surface area contributed by atoms with Crippen LogP contribution < -0.4 is 5.32 Å². The van der Waals surface area contributed by atoms with Crippen LogP contribution in [-0.4, -0.2) is 25.3 Å². The number of ether oxygens (including phenoxy) is 1. The predicted molar refractivity (Wildman–Crippen MR) is 58.4 cm³/mol. The molecular weight excluding hydrogens is 174 g/mol. The lowest BCUT2D eigenvalue weighted by Gasteiger charge is -2.39. The van der Waals surface area contributed by atoms with Crippen LogP contribution in [0.25, 0.3) is 0 Å². The third-order valence-corrected chi connectivity index (χ3v) is 3.67. The summed E-state index contributed by atoms with van der Waals surface area (Å²) >= 11 is 0. The van der Waals surface area contributed by atoms with Gasteiger partial charge in [-0.15, -0.1) is 0 Å². The largest absolute Gasteiger partial charge is 0.378 e. The number of rotatable bonds is 4. The summed E-state index contributed by atoms with van der Waals surface area (Å²) in [5, 5.41) is 3.62. The van der Waals surface area contributed by atoms with Crippen molar-refractivity contribution >= 4 is 0 Å². The molecule has 2 nitrogen and oxygen atoms in total. The second kappa shape index (κ2) is 5.13. The lowest BCUT2D eigenvalue weighted by molar-refractivity contribution is -0.0529. The van der Waals surface area contributed by atoms with E-state index in [0.29, 0.717) is 6.10 Å². The monoisotopic (exact) mass is 197 g/mol. The first-order valence-electron chi connectivity index (χ1n) is 6.25. The first-order valence-corrected chi connectivity index (χ1v) is 6.25. The summed E-state index contributed by atoms with van der Waals surface area (Å²) in [5.74, 6) is 0.890. The Bertz CT molecular complexity index is 168. The van der Waals surface area contributed by atoms with Gasteiger partial charge in [-0.25, -0.2) is 0 Å². The van der Waals surface area contributed by atoms with Crippen molar-refractivity contribution in [3.8, 4) is 0 Å². The maximum atomic E-state index is 5.85. The molecule has 1 aliphatic carbocycles. The van der Waals surface area contributed by atoms with Gasteiger partial charge in [0.1, 0.15) is 0 Å². The Morgan fingerprint density at radius 3 is 2.79 bits per heavy atom. The molecule has 0 spiro atoms. The summed E-state index contributed by atoms with van der Waals surface area (Å²) in [6, 6.07) is 0.731. The Kier molecular flexibility index (Phi) is 3.82. The van der Waals surface area contributed by atoms with Crippen LogP contribution >= 0.6 is 0 Å². The summed E-state index contributed by atoms with van der Waals surface area (Å²) < 4.78 is 5.85. The summed E-state index contributed by atoms with van der Waals surface area (Å²) in [6.07, 6.45) is 8.53. The molecule has 2 rings (SSSR count). The summed E-state index contributed by atoms with van der Waals surface area (Å²) in [7, 11) is 0. The molecule has 1 saturated heterocycles. The van der Waals surface area contributed by atoms with Gasteiger partial charge >= 0.3 is 0 Å². The molecule has 0 bridgehead atoms. The van der Waals surface area contributed by atoms with Gasteiger partial charge in [0.15, 0.2) is 0 Å².